The molecule has 0 atom stereocenters. The Morgan fingerprint density at radius 2 is 1.92 bits per heavy atom. The lowest BCUT2D eigenvalue weighted by atomic mass is 10.1. The van der Waals surface area contributed by atoms with Crippen LogP contribution in [0.3, 0.4) is 0 Å². The van der Waals surface area contributed by atoms with E-state index in [2.05, 4.69) is 26.9 Å². The average molecular weight is 515 g/mol. The minimum Gasteiger partial charge on any atom is -0.490 e. The topological polar surface area (TPSA) is 88.5 Å². The smallest absolute Gasteiger partial charge is 0.371 e. The first-order chi connectivity index (χ1) is 17.1. The molecular formula is C26H21F3N2O4S. The number of carboxylic acid groups (broad SMARTS) is 1. The first kappa shape index (κ1) is 26.5. The minimum absolute atomic E-state index is 0.0861. The number of carbonyl (C=O) groups excluding carboxylic acids is 1. The van der Waals surface area contributed by atoms with Gasteiger partial charge in [0, 0.05) is 34.6 Å². The zero-order chi connectivity index (χ0) is 26.4. The van der Waals surface area contributed by atoms with Crippen molar-refractivity contribution in [3.63, 3.8) is 0 Å². The molecule has 36 heavy (non-hydrogen) atoms. The maximum absolute atomic E-state index is 15.0. The maximum Gasteiger partial charge on any atom is 0.371 e. The molecule has 186 valence electrons. The fourth-order valence-corrected chi connectivity index (χ4v) is 3.70. The summed E-state index contributed by atoms with van der Waals surface area (Å²) in [5.74, 6) is 0.204. The van der Waals surface area contributed by atoms with E-state index in [1.165, 1.54) is 11.4 Å². The summed E-state index contributed by atoms with van der Waals surface area (Å²) in [7, 11) is 1.04. The lowest BCUT2D eigenvalue weighted by molar-refractivity contribution is -0.135. The molecule has 0 saturated carbocycles. The van der Waals surface area contributed by atoms with Gasteiger partial charge in [-0.25, -0.2) is 22.9 Å². The number of ether oxygens (including phenoxy) is 1. The highest BCUT2D eigenvalue weighted by Crippen LogP contribution is 2.29. The van der Waals surface area contributed by atoms with Crippen molar-refractivity contribution in [2.24, 2.45) is 5.92 Å². The Labute approximate surface area is 209 Å². The van der Waals surface area contributed by atoms with Crippen molar-refractivity contribution in [1.82, 2.24) is 4.98 Å². The molecule has 0 saturated heterocycles. The normalized spacial score (nSPS) is 11.1. The SMILES string of the molecule is CO/C(=C/c1c(F)cc(C(=O)Nc2nc(-c3cccc(C#CCC(C)C)c3F)cs2)cc1F)C(=O)O. The van der Waals surface area contributed by atoms with Gasteiger partial charge in [0.15, 0.2) is 5.13 Å². The third-order valence-corrected chi connectivity index (χ3v) is 5.54. The van der Waals surface area contributed by atoms with E-state index in [1.54, 1.807) is 12.1 Å². The van der Waals surface area contributed by atoms with Gasteiger partial charge in [-0.1, -0.05) is 31.8 Å². The number of hydrogen-bond acceptors (Lipinski definition) is 5. The molecule has 10 heteroatoms. The molecule has 0 fully saturated rings. The second-order valence-corrected chi connectivity index (χ2v) is 8.79. The maximum atomic E-state index is 15.0. The zero-order valence-corrected chi connectivity index (χ0v) is 20.3. The van der Waals surface area contributed by atoms with Crippen molar-refractivity contribution in [3.05, 3.63) is 75.6 Å². The van der Waals surface area contributed by atoms with Crippen LogP contribution < -0.4 is 5.32 Å². The van der Waals surface area contributed by atoms with Crippen molar-refractivity contribution in [2.45, 2.75) is 20.3 Å². The van der Waals surface area contributed by atoms with Gasteiger partial charge in [-0.2, -0.15) is 0 Å². The molecule has 0 aliphatic rings. The number of benzene rings is 2. The number of hydrogen-bond donors (Lipinski definition) is 2. The van der Waals surface area contributed by atoms with E-state index in [-0.39, 0.29) is 27.5 Å². The molecule has 1 aromatic heterocycles. The van der Waals surface area contributed by atoms with Crippen molar-refractivity contribution >= 4 is 34.4 Å². The van der Waals surface area contributed by atoms with Crippen LogP contribution in [0.1, 0.15) is 41.8 Å². The second kappa shape index (κ2) is 11.6. The van der Waals surface area contributed by atoms with E-state index < -0.39 is 40.7 Å². The van der Waals surface area contributed by atoms with Crippen LogP contribution in [-0.2, 0) is 9.53 Å². The standard InChI is InChI=1S/C26H21F3N2O4S/c1-14(2)6-4-7-15-8-5-9-17(23(15)29)21-13-36-26(30-21)31-24(32)16-10-19(27)18(20(28)11-16)12-22(35-3)25(33)34/h5,8-14H,6H2,1-3H3,(H,33,34)(H,30,31,32)/b22-12+. The number of nitrogens with one attached hydrogen (secondary N) is 1. The van der Waals surface area contributed by atoms with Crippen LogP contribution in [0.15, 0.2) is 41.5 Å². The van der Waals surface area contributed by atoms with E-state index >= 15 is 0 Å². The predicted molar refractivity (Wildman–Crippen MR) is 131 cm³/mol. The third-order valence-electron chi connectivity index (χ3n) is 4.78. The molecule has 2 N–H and O–H groups in total. The quantitative estimate of drug-likeness (QED) is 0.231. The van der Waals surface area contributed by atoms with E-state index in [4.69, 9.17) is 5.11 Å². The molecule has 0 radical (unpaired) electrons. The number of amides is 1. The van der Waals surface area contributed by atoms with E-state index in [9.17, 15) is 22.8 Å². The number of aliphatic carboxylic acids is 1. The number of nitrogens with zero attached hydrogens (tertiary/aromatic N) is 1. The Balaban J connectivity index is 1.82. The van der Waals surface area contributed by atoms with Gasteiger partial charge in [-0.05, 0) is 30.2 Å². The molecule has 0 aliphatic carbocycles. The van der Waals surface area contributed by atoms with Gasteiger partial charge in [0.2, 0.25) is 5.76 Å². The first-order valence-electron chi connectivity index (χ1n) is 10.6. The van der Waals surface area contributed by atoms with Crippen LogP contribution in [0.2, 0.25) is 0 Å². The Hall–Kier alpha value is -4.10. The highest BCUT2D eigenvalue weighted by molar-refractivity contribution is 7.14. The number of thiazole rings is 1. The Morgan fingerprint density at radius 1 is 1.22 bits per heavy atom. The van der Waals surface area contributed by atoms with Crippen LogP contribution in [0.25, 0.3) is 17.3 Å². The van der Waals surface area contributed by atoms with Gasteiger partial charge in [0.25, 0.3) is 5.91 Å². The number of carbonyl (C=O) groups is 2. The molecule has 6 nitrogen and oxygen atoms in total. The molecule has 1 heterocycles. The fraction of sp³-hybridized carbons (Fsp3) is 0.192. The Kier molecular flexibility index (Phi) is 8.51. The fourth-order valence-electron chi connectivity index (χ4n) is 2.99. The molecule has 3 aromatic rings. The summed E-state index contributed by atoms with van der Waals surface area (Å²) in [6, 6.07) is 6.26. The van der Waals surface area contributed by atoms with E-state index in [0.29, 0.717) is 18.4 Å². The molecule has 2 aromatic carbocycles. The summed E-state index contributed by atoms with van der Waals surface area (Å²) in [4.78, 5) is 27.8. The summed E-state index contributed by atoms with van der Waals surface area (Å²) >= 11 is 1.01. The first-order valence-corrected chi connectivity index (χ1v) is 11.5. The van der Waals surface area contributed by atoms with Crippen molar-refractivity contribution in [1.29, 1.82) is 0 Å². The van der Waals surface area contributed by atoms with Crippen LogP contribution in [0, 0.1) is 35.2 Å². The molecule has 0 aliphatic heterocycles. The summed E-state index contributed by atoms with van der Waals surface area (Å²) in [5, 5.41) is 13.0. The Morgan fingerprint density at radius 3 is 2.53 bits per heavy atom. The zero-order valence-electron chi connectivity index (χ0n) is 19.5. The van der Waals surface area contributed by atoms with Gasteiger partial charge in [0.1, 0.15) is 17.5 Å². The summed E-state index contributed by atoms with van der Waals surface area (Å²) in [6.07, 6.45) is 1.31. The third kappa shape index (κ3) is 6.31. The van der Waals surface area contributed by atoms with Crippen molar-refractivity contribution < 1.29 is 32.6 Å². The molecule has 0 spiro atoms. The number of aromatic nitrogens is 1. The minimum atomic E-state index is -1.51. The van der Waals surface area contributed by atoms with E-state index in [1.807, 2.05) is 13.8 Å². The number of methoxy groups -OCH3 is 1. The van der Waals surface area contributed by atoms with E-state index in [0.717, 1.165) is 30.6 Å². The monoisotopic (exact) mass is 514 g/mol. The van der Waals surface area contributed by atoms with Gasteiger partial charge in [0.05, 0.1) is 18.4 Å². The van der Waals surface area contributed by atoms with Gasteiger partial charge >= 0.3 is 5.97 Å². The molecule has 1 amide bonds. The molecule has 3 rings (SSSR count). The number of anilines is 1. The van der Waals surface area contributed by atoms with Crippen molar-refractivity contribution in [3.8, 4) is 23.1 Å². The van der Waals surface area contributed by atoms with Crippen LogP contribution >= 0.6 is 11.3 Å². The Bertz CT molecular complexity index is 1380. The summed E-state index contributed by atoms with van der Waals surface area (Å²) in [6.45, 7) is 4.02. The second-order valence-electron chi connectivity index (χ2n) is 7.93. The highest BCUT2D eigenvalue weighted by Gasteiger charge is 2.19. The number of rotatable bonds is 7. The van der Waals surface area contributed by atoms with Crippen LogP contribution in [-0.4, -0.2) is 29.1 Å². The number of carboxylic acids is 1. The lowest BCUT2D eigenvalue weighted by Crippen LogP contribution is -2.13. The van der Waals surface area contributed by atoms with Gasteiger partial charge in [-0.3, -0.25) is 10.1 Å². The van der Waals surface area contributed by atoms with Crippen LogP contribution in [0.4, 0.5) is 18.3 Å². The molecule has 0 unspecified atom stereocenters. The molecular weight excluding hydrogens is 493 g/mol. The van der Waals surface area contributed by atoms with Gasteiger partial charge < -0.3 is 9.84 Å². The average Bonchev–Trinajstić information content (AvgIpc) is 3.27. The lowest BCUT2D eigenvalue weighted by Gasteiger charge is -2.07. The number of halogens is 3. The summed E-state index contributed by atoms with van der Waals surface area (Å²) in [5.41, 5.74) is -0.343. The predicted octanol–water partition coefficient (Wildman–Crippen LogP) is 5.95. The molecule has 0 bridgehead atoms. The largest absolute Gasteiger partial charge is 0.490 e. The van der Waals surface area contributed by atoms with Gasteiger partial charge in [-0.15, -0.1) is 11.3 Å². The summed E-state index contributed by atoms with van der Waals surface area (Å²) < 4.78 is 48.4. The van der Waals surface area contributed by atoms with Crippen LogP contribution in [0.5, 0.6) is 0 Å². The van der Waals surface area contributed by atoms with Crippen molar-refractivity contribution in [2.75, 3.05) is 12.4 Å². The highest BCUT2D eigenvalue weighted by atomic mass is 32.1.